The van der Waals surface area contributed by atoms with E-state index < -0.39 is 6.10 Å². The lowest BCUT2D eigenvalue weighted by Gasteiger charge is -2.37. The van der Waals surface area contributed by atoms with Crippen LogP contribution in [0.25, 0.3) is 0 Å². The quantitative estimate of drug-likeness (QED) is 0.777. The van der Waals surface area contributed by atoms with Crippen molar-refractivity contribution in [2.75, 3.05) is 26.2 Å². The topological polar surface area (TPSA) is 49.9 Å². The second kappa shape index (κ2) is 8.49. The molecule has 0 N–H and O–H groups in total. The molecule has 1 aliphatic heterocycles. The van der Waals surface area contributed by atoms with E-state index in [1.165, 1.54) is 0 Å². The maximum absolute atomic E-state index is 12.6. The summed E-state index contributed by atoms with van der Waals surface area (Å²) in [5, 5.41) is 0.837. The molecule has 1 heterocycles. The summed E-state index contributed by atoms with van der Waals surface area (Å²) in [4.78, 5) is 28.8. The second-order valence-corrected chi connectivity index (χ2v) is 7.78. The molecule has 2 amide bonds. The van der Waals surface area contributed by atoms with E-state index in [0.717, 1.165) is 25.7 Å². The van der Waals surface area contributed by atoms with Crippen molar-refractivity contribution < 1.29 is 14.3 Å². The molecule has 1 aromatic carbocycles. The molecule has 2 fully saturated rings. The van der Waals surface area contributed by atoms with Crippen molar-refractivity contribution in [3.8, 4) is 5.75 Å². The first-order valence-corrected chi connectivity index (χ1v) is 9.90. The summed E-state index contributed by atoms with van der Waals surface area (Å²) in [5.74, 6) is 0.878. The molecule has 1 atom stereocenters. The standard InChI is InChI=1S/C19H24Cl2N2O3/c1-13(26-15-6-7-16(20)17(21)12-15)18(24)22-8-10-23(11-9-22)19(25)14-4-2-3-5-14/h6-7,12-14H,2-5,8-11H2,1H3. The Morgan fingerprint density at radius 3 is 2.27 bits per heavy atom. The zero-order valence-electron chi connectivity index (χ0n) is 14.9. The number of piperazine rings is 1. The van der Waals surface area contributed by atoms with Crippen LogP contribution in [0, 0.1) is 5.92 Å². The Morgan fingerprint density at radius 1 is 1.04 bits per heavy atom. The van der Waals surface area contributed by atoms with Crippen LogP contribution in [0.15, 0.2) is 18.2 Å². The first-order valence-electron chi connectivity index (χ1n) is 9.15. The highest BCUT2D eigenvalue weighted by Gasteiger charge is 2.31. The van der Waals surface area contributed by atoms with E-state index in [2.05, 4.69) is 0 Å². The monoisotopic (exact) mass is 398 g/mol. The number of halogens is 2. The van der Waals surface area contributed by atoms with Gasteiger partial charge in [0.05, 0.1) is 10.0 Å². The highest BCUT2D eigenvalue weighted by Crippen LogP contribution is 2.28. The van der Waals surface area contributed by atoms with Gasteiger partial charge in [-0.2, -0.15) is 0 Å². The molecule has 1 unspecified atom stereocenters. The van der Waals surface area contributed by atoms with Gasteiger partial charge in [-0.05, 0) is 31.9 Å². The smallest absolute Gasteiger partial charge is 0.263 e. The van der Waals surface area contributed by atoms with Crippen molar-refractivity contribution in [3.05, 3.63) is 28.2 Å². The van der Waals surface area contributed by atoms with Crippen LogP contribution < -0.4 is 4.74 Å². The zero-order valence-corrected chi connectivity index (χ0v) is 16.4. The van der Waals surface area contributed by atoms with Crippen LogP contribution in [0.4, 0.5) is 0 Å². The minimum Gasteiger partial charge on any atom is -0.481 e. The lowest BCUT2D eigenvalue weighted by atomic mass is 10.1. The number of hydrogen-bond acceptors (Lipinski definition) is 3. The highest BCUT2D eigenvalue weighted by molar-refractivity contribution is 6.42. The summed E-state index contributed by atoms with van der Waals surface area (Å²) in [6, 6.07) is 4.94. The van der Waals surface area contributed by atoms with Crippen molar-refractivity contribution in [2.45, 2.75) is 38.7 Å². The van der Waals surface area contributed by atoms with E-state index in [9.17, 15) is 9.59 Å². The second-order valence-electron chi connectivity index (χ2n) is 6.97. The normalized spacial score (nSPS) is 19.5. The van der Waals surface area contributed by atoms with Gasteiger partial charge in [0.1, 0.15) is 5.75 Å². The Bertz CT molecular complexity index is 669. The minimum absolute atomic E-state index is 0.0796. The van der Waals surface area contributed by atoms with Gasteiger partial charge in [-0.15, -0.1) is 0 Å². The Morgan fingerprint density at radius 2 is 1.65 bits per heavy atom. The van der Waals surface area contributed by atoms with Gasteiger partial charge >= 0.3 is 0 Å². The molecule has 0 aromatic heterocycles. The SMILES string of the molecule is CC(Oc1ccc(Cl)c(Cl)c1)C(=O)N1CCN(C(=O)C2CCCC2)CC1. The van der Waals surface area contributed by atoms with Crippen molar-refractivity contribution in [2.24, 2.45) is 5.92 Å². The number of amides is 2. The number of carbonyl (C=O) groups excluding carboxylic acids is 2. The Labute approximate surface area is 164 Å². The summed E-state index contributed by atoms with van der Waals surface area (Å²) < 4.78 is 5.71. The first-order chi connectivity index (χ1) is 12.5. The van der Waals surface area contributed by atoms with Crippen molar-refractivity contribution >= 4 is 35.0 Å². The molecule has 1 saturated carbocycles. The van der Waals surface area contributed by atoms with Crippen LogP contribution >= 0.6 is 23.2 Å². The third kappa shape index (κ3) is 4.44. The molecule has 142 valence electrons. The average Bonchev–Trinajstić information content (AvgIpc) is 3.18. The Balaban J connectivity index is 1.50. The van der Waals surface area contributed by atoms with E-state index in [1.54, 1.807) is 30.0 Å². The molecule has 3 rings (SSSR count). The van der Waals surface area contributed by atoms with Crippen molar-refractivity contribution in [1.29, 1.82) is 0 Å². The van der Waals surface area contributed by atoms with Crippen LogP contribution in [0.3, 0.4) is 0 Å². The Kier molecular flexibility index (Phi) is 6.30. The van der Waals surface area contributed by atoms with Gasteiger partial charge in [0.15, 0.2) is 6.10 Å². The van der Waals surface area contributed by atoms with Crippen LogP contribution in [0.5, 0.6) is 5.75 Å². The predicted molar refractivity (Wildman–Crippen MR) is 102 cm³/mol. The van der Waals surface area contributed by atoms with Gasteiger partial charge in [0, 0.05) is 38.2 Å². The van der Waals surface area contributed by atoms with Gasteiger partial charge < -0.3 is 14.5 Å². The summed E-state index contributed by atoms with van der Waals surface area (Å²) >= 11 is 11.9. The molecule has 7 heteroatoms. The molecular weight excluding hydrogens is 375 g/mol. The molecule has 1 aromatic rings. The lowest BCUT2D eigenvalue weighted by molar-refractivity contribution is -0.145. The van der Waals surface area contributed by atoms with Gasteiger partial charge in [-0.3, -0.25) is 9.59 Å². The van der Waals surface area contributed by atoms with Crippen LogP contribution in [-0.4, -0.2) is 53.9 Å². The third-order valence-electron chi connectivity index (χ3n) is 5.16. The summed E-state index contributed by atoms with van der Waals surface area (Å²) in [6.07, 6.45) is 3.69. The number of nitrogens with zero attached hydrogens (tertiary/aromatic N) is 2. The summed E-state index contributed by atoms with van der Waals surface area (Å²) in [6.45, 7) is 4.01. The molecule has 5 nitrogen and oxygen atoms in total. The number of rotatable bonds is 4. The first kappa shape index (κ1) is 19.3. The van der Waals surface area contributed by atoms with Gasteiger partial charge in [0.2, 0.25) is 5.91 Å². The van der Waals surface area contributed by atoms with Crippen LogP contribution in [0.2, 0.25) is 10.0 Å². The van der Waals surface area contributed by atoms with E-state index in [1.807, 2.05) is 4.90 Å². The molecule has 26 heavy (non-hydrogen) atoms. The fourth-order valence-corrected chi connectivity index (χ4v) is 3.93. The molecule has 0 radical (unpaired) electrons. The van der Waals surface area contributed by atoms with E-state index in [0.29, 0.717) is 42.0 Å². The summed E-state index contributed by atoms with van der Waals surface area (Å²) in [7, 11) is 0. The third-order valence-corrected chi connectivity index (χ3v) is 5.90. The minimum atomic E-state index is -0.621. The highest BCUT2D eigenvalue weighted by atomic mass is 35.5. The van der Waals surface area contributed by atoms with Gasteiger partial charge in [-0.1, -0.05) is 36.0 Å². The van der Waals surface area contributed by atoms with E-state index in [4.69, 9.17) is 27.9 Å². The number of ether oxygens (including phenoxy) is 1. The van der Waals surface area contributed by atoms with Gasteiger partial charge in [0.25, 0.3) is 5.91 Å². The predicted octanol–water partition coefficient (Wildman–Crippen LogP) is 3.62. The van der Waals surface area contributed by atoms with Crippen LogP contribution in [0.1, 0.15) is 32.6 Å². The van der Waals surface area contributed by atoms with Crippen molar-refractivity contribution in [1.82, 2.24) is 9.80 Å². The summed E-state index contributed by atoms with van der Waals surface area (Å²) in [5.41, 5.74) is 0. The zero-order chi connectivity index (χ0) is 18.7. The van der Waals surface area contributed by atoms with E-state index in [-0.39, 0.29) is 17.7 Å². The number of hydrogen-bond donors (Lipinski definition) is 0. The number of carbonyl (C=O) groups is 2. The fraction of sp³-hybridized carbons (Fsp3) is 0.579. The van der Waals surface area contributed by atoms with E-state index >= 15 is 0 Å². The van der Waals surface area contributed by atoms with Gasteiger partial charge in [-0.25, -0.2) is 0 Å². The Hall–Kier alpha value is -1.46. The maximum Gasteiger partial charge on any atom is 0.263 e. The largest absolute Gasteiger partial charge is 0.481 e. The molecule has 2 aliphatic rings. The number of benzene rings is 1. The molecule has 0 spiro atoms. The molecule has 0 bridgehead atoms. The molecular formula is C19H24Cl2N2O3. The molecule has 1 aliphatic carbocycles. The lowest BCUT2D eigenvalue weighted by Crippen LogP contribution is -2.54. The van der Waals surface area contributed by atoms with Crippen molar-refractivity contribution in [3.63, 3.8) is 0 Å². The average molecular weight is 399 g/mol. The molecule has 1 saturated heterocycles. The fourth-order valence-electron chi connectivity index (χ4n) is 3.64. The van der Waals surface area contributed by atoms with Crippen LogP contribution in [-0.2, 0) is 9.59 Å². The maximum atomic E-state index is 12.6.